The van der Waals surface area contributed by atoms with E-state index in [2.05, 4.69) is 12.2 Å². The summed E-state index contributed by atoms with van der Waals surface area (Å²) in [6.07, 6.45) is 0. The van der Waals surface area contributed by atoms with E-state index in [0.29, 0.717) is 14.9 Å². The molecule has 0 fully saturated rings. The highest BCUT2D eigenvalue weighted by atomic mass is 127. The monoisotopic (exact) mass is 385 g/mol. The van der Waals surface area contributed by atoms with Gasteiger partial charge in [-0.3, -0.25) is 0 Å². The Hall–Kier alpha value is -1.50. The first-order valence-corrected chi connectivity index (χ1v) is 7.26. The Balaban J connectivity index is 2.35. The van der Waals surface area contributed by atoms with E-state index in [1.807, 2.05) is 59.8 Å². The van der Waals surface area contributed by atoms with Crippen molar-refractivity contribution < 1.29 is 4.39 Å². The molecule has 0 aliphatic heterocycles. The van der Waals surface area contributed by atoms with E-state index in [9.17, 15) is 4.39 Å². The maximum Gasteiger partial charge on any atom is 0.138 e. The Morgan fingerprint density at radius 3 is 2.55 bits per heavy atom. The van der Waals surface area contributed by atoms with Crippen molar-refractivity contribution >= 4 is 45.3 Å². The smallest absolute Gasteiger partial charge is 0.138 e. The van der Waals surface area contributed by atoms with Gasteiger partial charge in [-0.15, -0.1) is 0 Å². The third-order valence-corrected chi connectivity index (χ3v) is 3.89. The van der Waals surface area contributed by atoms with Gasteiger partial charge in [0.15, 0.2) is 0 Å². The van der Waals surface area contributed by atoms with Crippen LogP contribution in [0.15, 0.2) is 30.3 Å². The number of hydrogen-bond donors (Lipinski definition) is 2. The van der Waals surface area contributed by atoms with E-state index in [1.165, 1.54) is 11.6 Å². The van der Waals surface area contributed by atoms with Crippen molar-refractivity contribution in [2.24, 2.45) is 0 Å². The second kappa shape index (κ2) is 5.87. The number of halogens is 2. The highest BCUT2D eigenvalue weighted by Gasteiger charge is 2.08. The molecule has 0 aromatic heterocycles. The molecule has 2 aromatic rings. The van der Waals surface area contributed by atoms with E-state index in [4.69, 9.17) is 5.73 Å². The number of nitrogens with zero attached hydrogens (tertiary/aromatic N) is 1. The van der Waals surface area contributed by atoms with E-state index in [-0.39, 0.29) is 5.82 Å². The second-order valence-corrected chi connectivity index (χ2v) is 6.04. The number of nitrogens with two attached hydrogens (primary N) is 1. The highest BCUT2D eigenvalue weighted by Crippen LogP contribution is 2.29. The van der Waals surface area contributed by atoms with Crippen molar-refractivity contribution in [2.75, 3.05) is 30.0 Å². The minimum absolute atomic E-state index is 0.276. The molecule has 106 valence electrons. The van der Waals surface area contributed by atoms with E-state index in [0.717, 1.165) is 11.4 Å². The lowest BCUT2D eigenvalue weighted by Crippen LogP contribution is -2.10. The molecule has 0 radical (unpaired) electrons. The standard InChI is InChI=1S/C15H17FIN3/c1-9-4-5-10(6-15(9)20(2)3)19-14-7-11(16)12(17)8-13(14)18/h4-8,19H,18H2,1-3H3. The van der Waals surface area contributed by atoms with Gasteiger partial charge in [0.05, 0.1) is 14.9 Å². The van der Waals surface area contributed by atoms with Crippen LogP contribution in [0.25, 0.3) is 0 Å². The lowest BCUT2D eigenvalue weighted by molar-refractivity contribution is 0.621. The summed E-state index contributed by atoms with van der Waals surface area (Å²) in [5.74, 6) is -0.276. The summed E-state index contributed by atoms with van der Waals surface area (Å²) in [6, 6.07) is 9.05. The fourth-order valence-electron chi connectivity index (χ4n) is 1.99. The molecule has 20 heavy (non-hydrogen) atoms. The number of nitrogen functional groups attached to an aromatic ring is 1. The molecule has 3 N–H and O–H groups in total. The van der Waals surface area contributed by atoms with Crippen molar-refractivity contribution in [2.45, 2.75) is 6.92 Å². The minimum atomic E-state index is -0.276. The van der Waals surface area contributed by atoms with Gasteiger partial charge < -0.3 is 16.0 Å². The van der Waals surface area contributed by atoms with Gasteiger partial charge in [0.25, 0.3) is 0 Å². The highest BCUT2D eigenvalue weighted by molar-refractivity contribution is 14.1. The number of nitrogens with one attached hydrogen (secondary N) is 1. The number of anilines is 4. The fourth-order valence-corrected chi connectivity index (χ4v) is 2.49. The van der Waals surface area contributed by atoms with Crippen molar-refractivity contribution in [1.29, 1.82) is 0 Å². The largest absolute Gasteiger partial charge is 0.397 e. The van der Waals surface area contributed by atoms with E-state index < -0.39 is 0 Å². The topological polar surface area (TPSA) is 41.3 Å². The summed E-state index contributed by atoms with van der Waals surface area (Å²) in [7, 11) is 3.98. The quantitative estimate of drug-likeness (QED) is 0.617. The van der Waals surface area contributed by atoms with Crippen LogP contribution in [-0.4, -0.2) is 14.1 Å². The van der Waals surface area contributed by atoms with Crippen LogP contribution in [0.2, 0.25) is 0 Å². The predicted molar refractivity (Wildman–Crippen MR) is 92.3 cm³/mol. The zero-order valence-electron chi connectivity index (χ0n) is 11.7. The van der Waals surface area contributed by atoms with Gasteiger partial charge in [-0.05, 0) is 53.3 Å². The molecule has 0 unspecified atom stereocenters. The van der Waals surface area contributed by atoms with Crippen molar-refractivity contribution in [1.82, 2.24) is 0 Å². The summed E-state index contributed by atoms with van der Waals surface area (Å²) in [4.78, 5) is 2.04. The van der Waals surface area contributed by atoms with Gasteiger partial charge in [-0.1, -0.05) is 6.07 Å². The van der Waals surface area contributed by atoms with Crippen LogP contribution in [0.5, 0.6) is 0 Å². The first-order chi connectivity index (χ1) is 9.38. The van der Waals surface area contributed by atoms with Crippen LogP contribution in [-0.2, 0) is 0 Å². The van der Waals surface area contributed by atoms with Crippen LogP contribution < -0.4 is 16.0 Å². The number of aryl methyl sites for hydroxylation is 1. The third kappa shape index (κ3) is 3.15. The van der Waals surface area contributed by atoms with Gasteiger partial charge in [0, 0.05) is 31.5 Å². The van der Waals surface area contributed by atoms with E-state index in [1.54, 1.807) is 6.07 Å². The molecule has 0 bridgehead atoms. The normalized spacial score (nSPS) is 10.4. The van der Waals surface area contributed by atoms with Crippen LogP contribution in [0.4, 0.5) is 27.1 Å². The lowest BCUT2D eigenvalue weighted by atomic mass is 10.1. The van der Waals surface area contributed by atoms with Crippen molar-refractivity contribution in [3.63, 3.8) is 0 Å². The number of rotatable bonds is 3. The summed E-state index contributed by atoms with van der Waals surface area (Å²) >= 11 is 1.93. The summed E-state index contributed by atoms with van der Waals surface area (Å²) < 4.78 is 14.1. The first kappa shape index (κ1) is 14.9. The molecule has 2 aromatic carbocycles. The molecule has 5 heteroatoms. The Bertz CT molecular complexity index is 641. The Labute approximate surface area is 132 Å². The van der Waals surface area contributed by atoms with Crippen molar-refractivity contribution in [3.05, 3.63) is 45.3 Å². The molecule has 2 rings (SSSR count). The molecular formula is C15H17FIN3. The Kier molecular flexibility index (Phi) is 4.37. The molecule has 0 saturated carbocycles. The molecule has 0 amide bonds. The first-order valence-electron chi connectivity index (χ1n) is 6.18. The summed E-state index contributed by atoms with van der Waals surface area (Å²) in [5.41, 5.74) is 10.2. The Morgan fingerprint density at radius 1 is 1.20 bits per heavy atom. The maximum atomic E-state index is 13.6. The zero-order valence-corrected chi connectivity index (χ0v) is 13.8. The molecule has 0 spiro atoms. The van der Waals surface area contributed by atoms with Gasteiger partial charge in [-0.25, -0.2) is 4.39 Å². The fraction of sp³-hybridized carbons (Fsp3) is 0.200. The van der Waals surface area contributed by atoms with Gasteiger partial charge in [0.2, 0.25) is 0 Å². The second-order valence-electron chi connectivity index (χ2n) is 4.87. The average molecular weight is 385 g/mol. The average Bonchev–Trinajstić information content (AvgIpc) is 2.37. The Morgan fingerprint density at radius 2 is 1.90 bits per heavy atom. The molecule has 0 aliphatic rings. The molecule has 0 atom stereocenters. The molecular weight excluding hydrogens is 368 g/mol. The molecule has 3 nitrogen and oxygen atoms in total. The van der Waals surface area contributed by atoms with Crippen molar-refractivity contribution in [3.8, 4) is 0 Å². The zero-order chi connectivity index (χ0) is 14.9. The van der Waals surface area contributed by atoms with Crippen LogP contribution >= 0.6 is 22.6 Å². The van der Waals surface area contributed by atoms with Crippen LogP contribution in [0.1, 0.15) is 5.56 Å². The third-order valence-electron chi connectivity index (χ3n) is 3.06. The van der Waals surface area contributed by atoms with Gasteiger partial charge in [-0.2, -0.15) is 0 Å². The maximum absolute atomic E-state index is 13.6. The van der Waals surface area contributed by atoms with E-state index >= 15 is 0 Å². The summed E-state index contributed by atoms with van der Waals surface area (Å²) in [6.45, 7) is 2.05. The molecule has 0 heterocycles. The van der Waals surface area contributed by atoms with Gasteiger partial charge in [0.1, 0.15) is 5.82 Å². The van der Waals surface area contributed by atoms with Crippen LogP contribution in [0, 0.1) is 16.3 Å². The molecule has 0 aliphatic carbocycles. The van der Waals surface area contributed by atoms with Gasteiger partial charge >= 0.3 is 0 Å². The predicted octanol–water partition coefficient (Wildman–Crippen LogP) is 4.13. The van der Waals surface area contributed by atoms with Crippen LogP contribution in [0.3, 0.4) is 0 Å². The molecule has 0 saturated heterocycles. The SMILES string of the molecule is Cc1ccc(Nc2cc(F)c(I)cc2N)cc1N(C)C. The number of hydrogen-bond acceptors (Lipinski definition) is 3. The minimum Gasteiger partial charge on any atom is -0.397 e. The summed E-state index contributed by atoms with van der Waals surface area (Å²) in [5, 5.41) is 3.17. The number of benzene rings is 2. The lowest BCUT2D eigenvalue weighted by Gasteiger charge is -2.18.